The van der Waals surface area contributed by atoms with Crippen LogP contribution in [0.1, 0.15) is 25.2 Å². The van der Waals surface area contributed by atoms with Gasteiger partial charge in [-0.25, -0.2) is 4.68 Å². The van der Waals surface area contributed by atoms with Crippen molar-refractivity contribution in [3.63, 3.8) is 0 Å². The lowest BCUT2D eigenvalue weighted by molar-refractivity contribution is 0.0539. The molecule has 0 fully saturated rings. The number of aliphatic hydroxyl groups is 1. The molecule has 6 nitrogen and oxygen atoms in total. The summed E-state index contributed by atoms with van der Waals surface area (Å²) in [7, 11) is 1.60. The highest BCUT2D eigenvalue weighted by Crippen LogP contribution is 2.11. The van der Waals surface area contributed by atoms with E-state index in [1.165, 1.54) is 0 Å². The summed E-state index contributed by atoms with van der Waals surface area (Å²) in [5.74, 6) is 0. The van der Waals surface area contributed by atoms with Crippen molar-refractivity contribution in [2.75, 3.05) is 7.11 Å². The van der Waals surface area contributed by atoms with E-state index < -0.39 is 5.60 Å². The topological polar surface area (TPSA) is 86.2 Å². The van der Waals surface area contributed by atoms with Crippen molar-refractivity contribution in [1.82, 2.24) is 15.0 Å². The second kappa shape index (κ2) is 4.69. The zero-order valence-electron chi connectivity index (χ0n) is 9.40. The minimum atomic E-state index is -0.831. The Morgan fingerprint density at radius 2 is 2.20 bits per heavy atom. The van der Waals surface area contributed by atoms with Gasteiger partial charge in [0.05, 0.1) is 24.4 Å². The third-order valence-electron chi connectivity index (χ3n) is 1.93. The Morgan fingerprint density at radius 3 is 2.67 bits per heavy atom. The average Bonchev–Trinajstić information content (AvgIpc) is 2.47. The van der Waals surface area contributed by atoms with Crippen LogP contribution in [0.25, 0.3) is 0 Å². The summed E-state index contributed by atoms with van der Waals surface area (Å²) in [6.45, 7) is 4.53. The van der Waals surface area contributed by atoms with Crippen molar-refractivity contribution in [1.29, 1.82) is 0 Å². The standard InChI is InChI=1S/C9H18N4O2/c1-9(2,14)6-13-8(5-15-3)7(4-10)11-12-13/h14H,4-6,10H2,1-3H3. The molecule has 0 saturated heterocycles. The molecule has 1 heterocycles. The third kappa shape index (κ3) is 3.26. The lowest BCUT2D eigenvalue weighted by Gasteiger charge is -2.18. The van der Waals surface area contributed by atoms with Crippen LogP contribution in [0.15, 0.2) is 0 Å². The molecule has 3 N–H and O–H groups in total. The monoisotopic (exact) mass is 214 g/mol. The van der Waals surface area contributed by atoms with Crippen LogP contribution in [0, 0.1) is 0 Å². The molecule has 0 aliphatic carbocycles. The quantitative estimate of drug-likeness (QED) is 0.700. The maximum absolute atomic E-state index is 9.69. The Hall–Kier alpha value is -0.980. The van der Waals surface area contributed by atoms with Gasteiger partial charge in [-0.1, -0.05) is 5.21 Å². The molecule has 1 aromatic rings. The van der Waals surface area contributed by atoms with Crippen LogP contribution >= 0.6 is 0 Å². The van der Waals surface area contributed by atoms with Crippen LogP contribution in [0.2, 0.25) is 0 Å². The molecule has 0 spiro atoms. The van der Waals surface area contributed by atoms with Crippen LogP contribution in [-0.4, -0.2) is 32.8 Å². The smallest absolute Gasteiger partial charge is 0.102 e. The van der Waals surface area contributed by atoms with Gasteiger partial charge in [0.25, 0.3) is 0 Å². The largest absolute Gasteiger partial charge is 0.389 e. The number of nitrogens with zero attached hydrogens (tertiary/aromatic N) is 3. The SMILES string of the molecule is COCc1c(CN)nnn1CC(C)(C)O. The van der Waals surface area contributed by atoms with E-state index in [0.717, 1.165) is 5.69 Å². The lowest BCUT2D eigenvalue weighted by atomic mass is 10.1. The molecule has 0 atom stereocenters. The predicted molar refractivity (Wildman–Crippen MR) is 54.9 cm³/mol. The molecule has 0 unspecified atom stereocenters. The van der Waals surface area contributed by atoms with Crippen LogP contribution in [-0.2, 0) is 24.4 Å². The van der Waals surface area contributed by atoms with Crippen LogP contribution in [0.4, 0.5) is 0 Å². The molecule has 86 valence electrons. The van der Waals surface area contributed by atoms with E-state index in [-0.39, 0.29) is 0 Å². The van der Waals surface area contributed by atoms with Gasteiger partial charge in [-0.2, -0.15) is 0 Å². The van der Waals surface area contributed by atoms with E-state index in [0.29, 0.717) is 25.4 Å². The number of nitrogens with two attached hydrogens (primary N) is 1. The van der Waals surface area contributed by atoms with Gasteiger partial charge in [0.15, 0.2) is 0 Å². The molecular formula is C9H18N4O2. The van der Waals surface area contributed by atoms with E-state index in [4.69, 9.17) is 10.5 Å². The third-order valence-corrected chi connectivity index (χ3v) is 1.93. The zero-order chi connectivity index (χ0) is 11.5. The first-order chi connectivity index (χ1) is 6.98. The van der Waals surface area contributed by atoms with Crippen LogP contribution in [0.3, 0.4) is 0 Å². The first kappa shape index (κ1) is 12.1. The van der Waals surface area contributed by atoms with E-state index >= 15 is 0 Å². The van der Waals surface area contributed by atoms with Crippen LogP contribution in [0.5, 0.6) is 0 Å². The van der Waals surface area contributed by atoms with E-state index in [1.54, 1.807) is 25.6 Å². The van der Waals surface area contributed by atoms with Crippen molar-refractivity contribution in [3.8, 4) is 0 Å². The predicted octanol–water partition coefficient (Wildman–Crippen LogP) is -0.346. The minimum absolute atomic E-state index is 0.324. The summed E-state index contributed by atoms with van der Waals surface area (Å²) in [6, 6.07) is 0. The summed E-state index contributed by atoms with van der Waals surface area (Å²) in [6.07, 6.45) is 0. The van der Waals surface area contributed by atoms with Gasteiger partial charge in [0.2, 0.25) is 0 Å². The molecule has 0 aliphatic rings. The fourth-order valence-electron chi connectivity index (χ4n) is 1.32. The number of aromatic nitrogens is 3. The van der Waals surface area contributed by atoms with E-state index in [2.05, 4.69) is 10.3 Å². The highest BCUT2D eigenvalue weighted by atomic mass is 16.5. The second-order valence-corrected chi connectivity index (χ2v) is 4.09. The highest BCUT2D eigenvalue weighted by Gasteiger charge is 2.19. The Morgan fingerprint density at radius 1 is 1.53 bits per heavy atom. The molecule has 0 aliphatic heterocycles. The number of hydrogen-bond acceptors (Lipinski definition) is 5. The van der Waals surface area contributed by atoms with Crippen molar-refractivity contribution >= 4 is 0 Å². The Labute approximate surface area is 89.0 Å². The van der Waals surface area contributed by atoms with Crippen LogP contribution < -0.4 is 5.73 Å². The molecular weight excluding hydrogens is 196 g/mol. The Bertz CT molecular complexity index is 316. The molecule has 0 bridgehead atoms. The van der Waals surface area contributed by atoms with E-state index in [1.807, 2.05) is 0 Å². The fraction of sp³-hybridized carbons (Fsp3) is 0.778. The van der Waals surface area contributed by atoms with Crippen molar-refractivity contribution in [3.05, 3.63) is 11.4 Å². The molecule has 0 saturated carbocycles. The Balaban J connectivity index is 2.91. The average molecular weight is 214 g/mol. The summed E-state index contributed by atoms with van der Waals surface area (Å²) in [5, 5.41) is 17.6. The maximum atomic E-state index is 9.69. The fourth-order valence-corrected chi connectivity index (χ4v) is 1.32. The van der Waals surface area contributed by atoms with Crippen molar-refractivity contribution < 1.29 is 9.84 Å². The molecule has 0 amide bonds. The molecule has 15 heavy (non-hydrogen) atoms. The molecule has 0 radical (unpaired) electrons. The molecule has 0 aromatic carbocycles. The summed E-state index contributed by atoms with van der Waals surface area (Å²) in [4.78, 5) is 0. The van der Waals surface area contributed by atoms with E-state index in [9.17, 15) is 5.11 Å². The number of rotatable bonds is 5. The lowest BCUT2D eigenvalue weighted by Crippen LogP contribution is -2.28. The molecule has 1 aromatic heterocycles. The van der Waals surface area contributed by atoms with Gasteiger partial charge in [0, 0.05) is 13.7 Å². The van der Waals surface area contributed by atoms with Gasteiger partial charge < -0.3 is 15.6 Å². The molecule has 1 rings (SSSR count). The number of hydrogen-bond donors (Lipinski definition) is 2. The van der Waals surface area contributed by atoms with Gasteiger partial charge in [0.1, 0.15) is 5.69 Å². The number of methoxy groups -OCH3 is 1. The summed E-state index contributed by atoms with van der Waals surface area (Å²) < 4.78 is 6.68. The Kier molecular flexibility index (Phi) is 3.78. The highest BCUT2D eigenvalue weighted by molar-refractivity contribution is 5.09. The first-order valence-electron chi connectivity index (χ1n) is 4.80. The number of ether oxygens (including phenoxy) is 1. The normalized spacial score (nSPS) is 12.1. The summed E-state index contributed by atoms with van der Waals surface area (Å²) in [5.41, 5.74) is 6.22. The first-order valence-corrected chi connectivity index (χ1v) is 4.80. The molecule has 6 heteroatoms. The van der Waals surface area contributed by atoms with Crippen molar-refractivity contribution in [2.45, 2.75) is 39.1 Å². The van der Waals surface area contributed by atoms with Gasteiger partial charge in [-0.15, -0.1) is 5.10 Å². The van der Waals surface area contributed by atoms with Gasteiger partial charge in [-0.05, 0) is 13.8 Å². The van der Waals surface area contributed by atoms with Crippen molar-refractivity contribution in [2.24, 2.45) is 5.73 Å². The minimum Gasteiger partial charge on any atom is -0.389 e. The zero-order valence-corrected chi connectivity index (χ0v) is 9.40. The summed E-state index contributed by atoms with van der Waals surface area (Å²) >= 11 is 0. The van der Waals surface area contributed by atoms with Gasteiger partial charge in [-0.3, -0.25) is 0 Å². The van der Waals surface area contributed by atoms with Gasteiger partial charge >= 0.3 is 0 Å². The maximum Gasteiger partial charge on any atom is 0.102 e. The second-order valence-electron chi connectivity index (χ2n) is 4.09.